The van der Waals surface area contributed by atoms with Crippen molar-refractivity contribution in [3.05, 3.63) is 64.7 Å². The Hall–Kier alpha value is -2.04. The standard InChI is InChI=1S/C20H25N3O.ClH/c1-15-4-3-5-19(16(15)2)22-10-12-23(13-11-22)20(24)18-8-6-17(14-21)7-9-18;/h3-9H,10-14,21H2,1-2H3;1H. The van der Waals surface area contributed by atoms with Gasteiger partial charge in [0.05, 0.1) is 0 Å². The molecule has 1 amide bonds. The molecule has 0 bridgehead atoms. The lowest BCUT2D eigenvalue weighted by Crippen LogP contribution is -2.49. The van der Waals surface area contributed by atoms with Gasteiger partial charge in [0.1, 0.15) is 0 Å². The quantitative estimate of drug-likeness (QED) is 0.915. The van der Waals surface area contributed by atoms with Gasteiger partial charge in [-0.25, -0.2) is 0 Å². The minimum Gasteiger partial charge on any atom is -0.368 e. The number of nitrogens with two attached hydrogens (primary N) is 1. The lowest BCUT2D eigenvalue weighted by atomic mass is 10.1. The molecule has 0 spiro atoms. The highest BCUT2D eigenvalue weighted by Gasteiger charge is 2.23. The van der Waals surface area contributed by atoms with E-state index in [2.05, 4.69) is 36.9 Å². The maximum Gasteiger partial charge on any atom is 0.253 e. The molecule has 0 radical (unpaired) electrons. The zero-order valence-corrected chi connectivity index (χ0v) is 15.7. The van der Waals surface area contributed by atoms with Gasteiger partial charge in [0.25, 0.3) is 5.91 Å². The summed E-state index contributed by atoms with van der Waals surface area (Å²) in [6.07, 6.45) is 0. The molecule has 1 aliphatic heterocycles. The van der Waals surface area contributed by atoms with Gasteiger partial charge in [-0.05, 0) is 48.7 Å². The molecule has 2 aromatic carbocycles. The predicted molar refractivity (Wildman–Crippen MR) is 106 cm³/mol. The first-order valence-corrected chi connectivity index (χ1v) is 8.49. The van der Waals surface area contributed by atoms with Crippen LogP contribution in [0.5, 0.6) is 0 Å². The molecular formula is C20H26ClN3O. The number of rotatable bonds is 3. The molecule has 4 nitrogen and oxygen atoms in total. The molecule has 3 rings (SSSR count). The summed E-state index contributed by atoms with van der Waals surface area (Å²) in [4.78, 5) is 17.0. The summed E-state index contributed by atoms with van der Waals surface area (Å²) < 4.78 is 0. The number of piperazine rings is 1. The van der Waals surface area contributed by atoms with Crippen molar-refractivity contribution in [1.82, 2.24) is 4.90 Å². The Balaban J connectivity index is 0.00000225. The van der Waals surface area contributed by atoms with Gasteiger partial charge >= 0.3 is 0 Å². The summed E-state index contributed by atoms with van der Waals surface area (Å²) in [5, 5.41) is 0. The molecule has 1 fully saturated rings. The number of hydrogen-bond acceptors (Lipinski definition) is 3. The molecule has 2 aromatic rings. The van der Waals surface area contributed by atoms with Crippen LogP contribution in [0.15, 0.2) is 42.5 Å². The van der Waals surface area contributed by atoms with Crippen molar-refractivity contribution in [3.63, 3.8) is 0 Å². The van der Waals surface area contributed by atoms with Crippen LogP contribution in [0.3, 0.4) is 0 Å². The molecule has 0 aromatic heterocycles. The average Bonchev–Trinajstić information content (AvgIpc) is 2.64. The van der Waals surface area contributed by atoms with E-state index in [0.29, 0.717) is 6.54 Å². The number of benzene rings is 2. The van der Waals surface area contributed by atoms with E-state index in [1.54, 1.807) is 0 Å². The number of carbonyl (C=O) groups is 1. The molecule has 0 saturated carbocycles. The van der Waals surface area contributed by atoms with Gasteiger partial charge in [0.15, 0.2) is 0 Å². The maximum atomic E-state index is 12.6. The van der Waals surface area contributed by atoms with Crippen LogP contribution < -0.4 is 10.6 Å². The molecular weight excluding hydrogens is 334 g/mol. The van der Waals surface area contributed by atoms with E-state index >= 15 is 0 Å². The van der Waals surface area contributed by atoms with E-state index in [1.807, 2.05) is 29.2 Å². The van der Waals surface area contributed by atoms with Gasteiger partial charge in [0.2, 0.25) is 0 Å². The Kier molecular flexibility index (Phi) is 6.45. The van der Waals surface area contributed by atoms with Gasteiger partial charge in [-0.1, -0.05) is 24.3 Å². The molecule has 1 aliphatic rings. The van der Waals surface area contributed by atoms with Gasteiger partial charge in [-0.2, -0.15) is 0 Å². The van der Waals surface area contributed by atoms with Crippen LogP contribution in [0.4, 0.5) is 5.69 Å². The summed E-state index contributed by atoms with van der Waals surface area (Å²) in [5.74, 6) is 0.110. The number of hydrogen-bond donors (Lipinski definition) is 1. The number of amides is 1. The van der Waals surface area contributed by atoms with E-state index in [4.69, 9.17) is 5.73 Å². The van der Waals surface area contributed by atoms with E-state index in [-0.39, 0.29) is 18.3 Å². The Morgan fingerprint density at radius 2 is 1.64 bits per heavy atom. The van der Waals surface area contributed by atoms with Crippen molar-refractivity contribution >= 4 is 24.0 Å². The molecule has 1 heterocycles. The van der Waals surface area contributed by atoms with Crippen molar-refractivity contribution in [2.24, 2.45) is 5.73 Å². The molecule has 0 unspecified atom stereocenters. The van der Waals surface area contributed by atoms with Crippen LogP contribution in [-0.2, 0) is 6.54 Å². The first-order valence-electron chi connectivity index (χ1n) is 8.49. The Morgan fingerprint density at radius 1 is 1.00 bits per heavy atom. The number of aryl methyl sites for hydroxylation is 1. The van der Waals surface area contributed by atoms with E-state index < -0.39 is 0 Å². The molecule has 1 saturated heterocycles. The van der Waals surface area contributed by atoms with Crippen LogP contribution >= 0.6 is 12.4 Å². The Bertz CT molecular complexity index is 722. The lowest BCUT2D eigenvalue weighted by Gasteiger charge is -2.37. The zero-order valence-electron chi connectivity index (χ0n) is 14.9. The third kappa shape index (κ3) is 4.14. The average molecular weight is 360 g/mol. The summed E-state index contributed by atoms with van der Waals surface area (Å²) >= 11 is 0. The normalized spacial score (nSPS) is 14.2. The smallest absolute Gasteiger partial charge is 0.253 e. The minimum atomic E-state index is 0. The zero-order chi connectivity index (χ0) is 17.1. The van der Waals surface area contributed by atoms with E-state index in [0.717, 1.165) is 37.3 Å². The number of nitrogens with zero attached hydrogens (tertiary/aromatic N) is 2. The van der Waals surface area contributed by atoms with Crippen LogP contribution in [0, 0.1) is 13.8 Å². The van der Waals surface area contributed by atoms with Crippen LogP contribution in [-0.4, -0.2) is 37.0 Å². The molecule has 0 atom stereocenters. The van der Waals surface area contributed by atoms with Gasteiger partial charge in [0, 0.05) is 44.0 Å². The van der Waals surface area contributed by atoms with Crippen LogP contribution in [0.2, 0.25) is 0 Å². The second kappa shape index (κ2) is 8.37. The summed E-state index contributed by atoms with van der Waals surface area (Å²) in [6, 6.07) is 14.0. The second-order valence-corrected chi connectivity index (χ2v) is 6.40. The number of anilines is 1. The van der Waals surface area contributed by atoms with Crippen molar-refractivity contribution < 1.29 is 4.79 Å². The van der Waals surface area contributed by atoms with Crippen molar-refractivity contribution in [2.75, 3.05) is 31.1 Å². The van der Waals surface area contributed by atoms with Gasteiger partial charge in [-0.3, -0.25) is 4.79 Å². The van der Waals surface area contributed by atoms with Crippen LogP contribution in [0.1, 0.15) is 27.0 Å². The molecule has 2 N–H and O–H groups in total. The van der Waals surface area contributed by atoms with Crippen LogP contribution in [0.25, 0.3) is 0 Å². The van der Waals surface area contributed by atoms with E-state index in [1.165, 1.54) is 16.8 Å². The molecule has 25 heavy (non-hydrogen) atoms. The van der Waals surface area contributed by atoms with Gasteiger partial charge in [-0.15, -0.1) is 12.4 Å². The summed E-state index contributed by atoms with van der Waals surface area (Å²) in [5.41, 5.74) is 11.3. The maximum absolute atomic E-state index is 12.6. The summed E-state index contributed by atoms with van der Waals surface area (Å²) in [6.45, 7) is 8.07. The fourth-order valence-electron chi connectivity index (χ4n) is 3.19. The molecule has 5 heteroatoms. The fourth-order valence-corrected chi connectivity index (χ4v) is 3.19. The largest absolute Gasteiger partial charge is 0.368 e. The topological polar surface area (TPSA) is 49.6 Å². The predicted octanol–water partition coefficient (Wildman–Crippen LogP) is 3.15. The fraction of sp³-hybridized carbons (Fsp3) is 0.350. The second-order valence-electron chi connectivity index (χ2n) is 6.40. The van der Waals surface area contributed by atoms with Gasteiger partial charge < -0.3 is 15.5 Å². The first kappa shape index (κ1) is 19.3. The van der Waals surface area contributed by atoms with E-state index in [9.17, 15) is 4.79 Å². The number of carbonyl (C=O) groups excluding carboxylic acids is 1. The SMILES string of the molecule is Cc1cccc(N2CCN(C(=O)c3ccc(CN)cc3)CC2)c1C.Cl. The first-order chi connectivity index (χ1) is 11.6. The Labute approximate surface area is 156 Å². The minimum absolute atomic E-state index is 0. The molecule has 0 aliphatic carbocycles. The Morgan fingerprint density at radius 3 is 2.24 bits per heavy atom. The third-order valence-electron chi connectivity index (χ3n) is 4.92. The van der Waals surface area contributed by atoms with Crippen molar-refractivity contribution in [2.45, 2.75) is 20.4 Å². The molecule has 134 valence electrons. The van der Waals surface area contributed by atoms with Crippen molar-refractivity contribution in [1.29, 1.82) is 0 Å². The third-order valence-corrected chi connectivity index (χ3v) is 4.92. The summed E-state index contributed by atoms with van der Waals surface area (Å²) in [7, 11) is 0. The highest BCUT2D eigenvalue weighted by Crippen LogP contribution is 2.24. The highest BCUT2D eigenvalue weighted by molar-refractivity contribution is 5.94. The lowest BCUT2D eigenvalue weighted by molar-refractivity contribution is 0.0747. The van der Waals surface area contributed by atoms with Crippen molar-refractivity contribution in [3.8, 4) is 0 Å². The highest BCUT2D eigenvalue weighted by atomic mass is 35.5. The monoisotopic (exact) mass is 359 g/mol. The number of halogens is 1.